The molecule has 1 aliphatic rings. The molecule has 1 aliphatic heterocycles. The van der Waals surface area contributed by atoms with E-state index >= 15 is 0 Å². The van der Waals surface area contributed by atoms with Crippen molar-refractivity contribution in [2.45, 2.75) is 18.6 Å². The lowest BCUT2D eigenvalue weighted by molar-refractivity contribution is -0.150. The van der Waals surface area contributed by atoms with Crippen molar-refractivity contribution in [2.24, 2.45) is 0 Å². The van der Waals surface area contributed by atoms with Crippen molar-refractivity contribution < 1.29 is 28.6 Å². The molecule has 2 amide bonds. The number of nitrogens with one attached hydrogen (secondary N) is 1. The number of likely N-dealkylation sites (tertiary alicyclic amines) is 1. The normalized spacial score (nSPS) is 16.9. The SMILES string of the molecule is COC(=O)[C@@H]1C[C@@H](Oc2ccccc2)CN1C(=O)CNC(=O)c1ccc(Oc2ccccc2)cc1. The number of para-hydroxylation sites is 2. The Hall–Kier alpha value is -4.33. The number of methoxy groups -OCH3 is 1. The zero-order chi connectivity index (χ0) is 24.6. The molecule has 1 fully saturated rings. The molecule has 2 atom stereocenters. The van der Waals surface area contributed by atoms with Crippen LogP contribution in [0, 0.1) is 0 Å². The fourth-order valence-electron chi connectivity index (χ4n) is 3.87. The first-order valence-corrected chi connectivity index (χ1v) is 11.2. The van der Waals surface area contributed by atoms with Crippen LogP contribution in [0.25, 0.3) is 0 Å². The van der Waals surface area contributed by atoms with E-state index in [-0.39, 0.29) is 19.2 Å². The average Bonchev–Trinajstić information content (AvgIpc) is 3.32. The van der Waals surface area contributed by atoms with E-state index in [1.54, 1.807) is 24.3 Å². The van der Waals surface area contributed by atoms with Gasteiger partial charge in [0, 0.05) is 12.0 Å². The number of ether oxygens (including phenoxy) is 3. The summed E-state index contributed by atoms with van der Waals surface area (Å²) >= 11 is 0. The molecule has 0 saturated carbocycles. The number of rotatable bonds is 8. The van der Waals surface area contributed by atoms with E-state index < -0.39 is 23.8 Å². The fraction of sp³-hybridized carbons (Fsp3) is 0.222. The maximum Gasteiger partial charge on any atom is 0.328 e. The van der Waals surface area contributed by atoms with Crippen molar-refractivity contribution in [3.63, 3.8) is 0 Å². The summed E-state index contributed by atoms with van der Waals surface area (Å²) in [6, 6.07) is 24.3. The molecule has 4 rings (SSSR count). The van der Waals surface area contributed by atoms with Gasteiger partial charge >= 0.3 is 5.97 Å². The van der Waals surface area contributed by atoms with Crippen molar-refractivity contribution in [1.29, 1.82) is 0 Å². The van der Waals surface area contributed by atoms with Crippen LogP contribution in [0.1, 0.15) is 16.8 Å². The molecular weight excluding hydrogens is 448 g/mol. The second-order valence-corrected chi connectivity index (χ2v) is 8.00. The first-order chi connectivity index (χ1) is 17.0. The summed E-state index contributed by atoms with van der Waals surface area (Å²) in [5.41, 5.74) is 0.384. The molecule has 0 radical (unpaired) electrons. The van der Waals surface area contributed by atoms with Crippen LogP contribution in [0.2, 0.25) is 0 Å². The van der Waals surface area contributed by atoms with Gasteiger partial charge in [0.15, 0.2) is 0 Å². The van der Waals surface area contributed by atoms with E-state index in [4.69, 9.17) is 14.2 Å². The largest absolute Gasteiger partial charge is 0.488 e. The summed E-state index contributed by atoms with van der Waals surface area (Å²) in [5.74, 6) is 0.621. The molecule has 35 heavy (non-hydrogen) atoms. The van der Waals surface area contributed by atoms with Crippen LogP contribution < -0.4 is 14.8 Å². The Balaban J connectivity index is 1.33. The average molecular weight is 475 g/mol. The lowest BCUT2D eigenvalue weighted by Gasteiger charge is -2.22. The quantitative estimate of drug-likeness (QED) is 0.503. The predicted octanol–water partition coefficient (Wildman–Crippen LogP) is 3.43. The summed E-state index contributed by atoms with van der Waals surface area (Å²) in [6.45, 7) is -0.0401. The van der Waals surface area contributed by atoms with E-state index in [0.717, 1.165) is 0 Å². The highest BCUT2D eigenvalue weighted by molar-refractivity contribution is 5.97. The Morgan fingerprint density at radius 1 is 0.857 bits per heavy atom. The van der Waals surface area contributed by atoms with Gasteiger partial charge in [0.1, 0.15) is 29.4 Å². The van der Waals surface area contributed by atoms with Crippen LogP contribution in [-0.2, 0) is 14.3 Å². The molecular formula is C27H26N2O6. The van der Waals surface area contributed by atoms with E-state index in [9.17, 15) is 14.4 Å². The number of nitrogens with zero attached hydrogens (tertiary/aromatic N) is 1. The monoisotopic (exact) mass is 474 g/mol. The van der Waals surface area contributed by atoms with E-state index in [1.807, 2.05) is 60.7 Å². The van der Waals surface area contributed by atoms with Gasteiger partial charge in [0.25, 0.3) is 5.91 Å². The molecule has 8 nitrogen and oxygen atoms in total. The Kier molecular flexibility index (Phi) is 7.62. The topological polar surface area (TPSA) is 94.2 Å². The van der Waals surface area contributed by atoms with Crippen molar-refractivity contribution >= 4 is 17.8 Å². The molecule has 180 valence electrons. The van der Waals surface area contributed by atoms with Crippen molar-refractivity contribution in [3.8, 4) is 17.2 Å². The molecule has 1 saturated heterocycles. The number of carbonyl (C=O) groups is 3. The lowest BCUT2D eigenvalue weighted by atomic mass is 10.2. The first kappa shape index (κ1) is 23.8. The van der Waals surface area contributed by atoms with Gasteiger partial charge in [0.05, 0.1) is 20.2 Å². The first-order valence-electron chi connectivity index (χ1n) is 11.2. The summed E-state index contributed by atoms with van der Waals surface area (Å²) in [4.78, 5) is 39.1. The van der Waals surface area contributed by atoms with E-state index in [0.29, 0.717) is 29.2 Å². The standard InChI is InChI=1S/C27H26N2O6/c1-33-27(32)24-16-23(35-21-10-6-3-7-11-21)18-29(24)25(30)17-28-26(31)19-12-14-22(15-13-19)34-20-8-4-2-5-9-20/h2-15,23-24H,16-18H2,1H3,(H,28,31)/t23-,24+/m1/s1. The minimum Gasteiger partial charge on any atom is -0.488 e. The Bertz CT molecular complexity index is 1150. The third-order valence-electron chi connectivity index (χ3n) is 5.60. The van der Waals surface area contributed by atoms with Gasteiger partial charge in [-0.05, 0) is 48.5 Å². The van der Waals surface area contributed by atoms with Crippen LogP contribution in [0.15, 0.2) is 84.9 Å². The molecule has 3 aromatic rings. The molecule has 0 aliphatic carbocycles. The zero-order valence-corrected chi connectivity index (χ0v) is 19.3. The number of amides is 2. The van der Waals surface area contributed by atoms with Gasteiger partial charge in [-0.1, -0.05) is 36.4 Å². The molecule has 8 heteroatoms. The van der Waals surface area contributed by atoms with Crippen LogP contribution in [0.5, 0.6) is 17.2 Å². The summed E-state index contributed by atoms with van der Waals surface area (Å²) < 4.78 is 16.5. The molecule has 0 unspecified atom stereocenters. The zero-order valence-electron chi connectivity index (χ0n) is 19.3. The third kappa shape index (κ3) is 6.17. The summed E-state index contributed by atoms with van der Waals surface area (Å²) in [6.07, 6.45) is -0.0530. The van der Waals surface area contributed by atoms with E-state index in [1.165, 1.54) is 12.0 Å². The smallest absolute Gasteiger partial charge is 0.328 e. The van der Waals surface area contributed by atoms with Gasteiger partial charge in [-0.25, -0.2) is 4.79 Å². The molecule has 0 spiro atoms. The van der Waals surface area contributed by atoms with Gasteiger partial charge < -0.3 is 24.4 Å². The lowest BCUT2D eigenvalue weighted by Crippen LogP contribution is -2.46. The second-order valence-electron chi connectivity index (χ2n) is 8.00. The molecule has 3 aromatic carbocycles. The number of benzene rings is 3. The van der Waals surface area contributed by atoms with Gasteiger partial charge in [0.2, 0.25) is 5.91 Å². The minimum absolute atomic E-state index is 0.217. The molecule has 0 aromatic heterocycles. The van der Waals surface area contributed by atoms with Crippen LogP contribution in [-0.4, -0.2) is 55.0 Å². The van der Waals surface area contributed by atoms with Crippen molar-refractivity contribution in [1.82, 2.24) is 10.2 Å². The minimum atomic E-state index is -0.771. The molecule has 1 heterocycles. The number of carbonyl (C=O) groups excluding carboxylic acids is 3. The molecule has 1 N–H and O–H groups in total. The van der Waals surface area contributed by atoms with E-state index in [2.05, 4.69) is 5.32 Å². The van der Waals surface area contributed by atoms with Crippen LogP contribution in [0.4, 0.5) is 0 Å². The predicted molar refractivity (Wildman–Crippen MR) is 128 cm³/mol. The Labute approximate surface area is 203 Å². The maximum atomic E-state index is 12.9. The van der Waals surface area contributed by atoms with Crippen molar-refractivity contribution in [3.05, 3.63) is 90.5 Å². The number of hydrogen-bond acceptors (Lipinski definition) is 6. The third-order valence-corrected chi connectivity index (χ3v) is 5.60. The number of esters is 1. The van der Waals surface area contributed by atoms with Crippen LogP contribution in [0.3, 0.4) is 0 Å². The Morgan fingerprint density at radius 3 is 2.09 bits per heavy atom. The highest BCUT2D eigenvalue weighted by Gasteiger charge is 2.41. The fourth-order valence-corrected chi connectivity index (χ4v) is 3.87. The molecule has 0 bridgehead atoms. The Morgan fingerprint density at radius 2 is 1.46 bits per heavy atom. The highest BCUT2D eigenvalue weighted by atomic mass is 16.5. The summed E-state index contributed by atoms with van der Waals surface area (Å²) in [5, 5.41) is 2.62. The second kappa shape index (κ2) is 11.2. The van der Waals surface area contributed by atoms with Crippen LogP contribution >= 0.6 is 0 Å². The van der Waals surface area contributed by atoms with Gasteiger partial charge in [-0.2, -0.15) is 0 Å². The van der Waals surface area contributed by atoms with Gasteiger partial charge in [-0.3, -0.25) is 9.59 Å². The van der Waals surface area contributed by atoms with Gasteiger partial charge in [-0.15, -0.1) is 0 Å². The highest BCUT2D eigenvalue weighted by Crippen LogP contribution is 2.24. The van der Waals surface area contributed by atoms with Crippen molar-refractivity contribution in [2.75, 3.05) is 20.2 Å². The number of hydrogen-bond donors (Lipinski definition) is 1. The summed E-state index contributed by atoms with van der Waals surface area (Å²) in [7, 11) is 1.28. The maximum absolute atomic E-state index is 12.9.